The van der Waals surface area contributed by atoms with Crippen molar-refractivity contribution in [1.29, 1.82) is 0 Å². The Hall–Kier alpha value is -4.65. The third-order valence-electron chi connectivity index (χ3n) is 5.70. The van der Waals surface area contributed by atoms with Crippen LogP contribution in [0.2, 0.25) is 5.02 Å². The van der Waals surface area contributed by atoms with E-state index in [0.29, 0.717) is 16.5 Å². The molecule has 36 heavy (non-hydrogen) atoms. The number of H-pyrrole nitrogens is 1. The van der Waals surface area contributed by atoms with E-state index in [1.165, 1.54) is 15.3 Å². The number of aromatic amines is 1. The molecule has 14 heteroatoms. The third-order valence-corrected chi connectivity index (χ3v) is 6.03. The lowest BCUT2D eigenvalue weighted by Crippen LogP contribution is -2.39. The van der Waals surface area contributed by atoms with E-state index in [-0.39, 0.29) is 36.0 Å². The molecule has 4 heterocycles. The molecule has 4 aromatic heterocycles. The summed E-state index contributed by atoms with van der Waals surface area (Å²) in [5.41, 5.74) is 0.850. The van der Waals surface area contributed by atoms with Crippen molar-refractivity contribution in [1.82, 2.24) is 39.0 Å². The first kappa shape index (κ1) is 23.1. The van der Waals surface area contributed by atoms with E-state index in [1.807, 2.05) is 18.2 Å². The molecule has 5 aromatic rings. The number of carbonyl (C=O) groups is 1. The molecule has 0 spiro atoms. The number of aromatic nitrogens is 7. The molecule has 0 fully saturated rings. The molecule has 1 amide bonds. The van der Waals surface area contributed by atoms with E-state index >= 15 is 0 Å². The normalized spacial score (nSPS) is 11.3. The number of benzene rings is 1. The number of hydrogen-bond donors (Lipinski definition) is 4. The van der Waals surface area contributed by atoms with E-state index < -0.39 is 17.3 Å². The van der Waals surface area contributed by atoms with Gasteiger partial charge in [-0.05, 0) is 24.3 Å². The minimum atomic E-state index is -1.19. The van der Waals surface area contributed by atoms with Gasteiger partial charge in [0.2, 0.25) is 5.95 Å². The minimum absolute atomic E-state index is 0.0201. The van der Waals surface area contributed by atoms with Crippen LogP contribution >= 0.6 is 11.6 Å². The van der Waals surface area contributed by atoms with Crippen molar-refractivity contribution in [2.75, 3.05) is 5.32 Å². The molecule has 0 atom stereocenters. The van der Waals surface area contributed by atoms with Gasteiger partial charge in [-0.25, -0.2) is 19.6 Å². The van der Waals surface area contributed by atoms with Crippen LogP contribution in [0.1, 0.15) is 11.5 Å². The fourth-order valence-corrected chi connectivity index (χ4v) is 4.18. The summed E-state index contributed by atoms with van der Waals surface area (Å²) >= 11 is 6.26. The first-order chi connectivity index (χ1) is 17.2. The Morgan fingerprint density at radius 1 is 1.17 bits per heavy atom. The van der Waals surface area contributed by atoms with Crippen LogP contribution in [0.15, 0.2) is 46.1 Å². The molecular formula is C22H20ClN9O4. The van der Waals surface area contributed by atoms with Crippen molar-refractivity contribution in [3.8, 4) is 0 Å². The summed E-state index contributed by atoms with van der Waals surface area (Å²) in [6.45, 7) is -0.0577. The van der Waals surface area contributed by atoms with Crippen LogP contribution in [0.5, 0.6) is 0 Å². The Kier molecular flexibility index (Phi) is 5.68. The number of carboxylic acid groups (broad SMARTS) is 1. The van der Waals surface area contributed by atoms with Crippen LogP contribution in [0.4, 0.5) is 16.6 Å². The largest absolute Gasteiger partial charge is 0.465 e. The van der Waals surface area contributed by atoms with Crippen LogP contribution < -0.4 is 21.9 Å². The number of halogens is 1. The molecule has 0 unspecified atom stereocenters. The van der Waals surface area contributed by atoms with Gasteiger partial charge in [0.15, 0.2) is 11.2 Å². The predicted octanol–water partition coefficient (Wildman–Crippen LogP) is 1.92. The Bertz CT molecular complexity index is 1770. The molecule has 0 aliphatic heterocycles. The highest BCUT2D eigenvalue weighted by Crippen LogP contribution is 2.24. The molecule has 0 bridgehead atoms. The van der Waals surface area contributed by atoms with Gasteiger partial charge < -0.3 is 25.3 Å². The lowest BCUT2D eigenvalue weighted by molar-refractivity contribution is 0.193. The van der Waals surface area contributed by atoms with Crippen molar-refractivity contribution < 1.29 is 9.90 Å². The van der Waals surface area contributed by atoms with Crippen molar-refractivity contribution in [2.45, 2.75) is 13.1 Å². The Labute approximate surface area is 207 Å². The second-order valence-electron chi connectivity index (χ2n) is 8.04. The maximum Gasteiger partial charge on any atom is 0.405 e. The summed E-state index contributed by atoms with van der Waals surface area (Å²) in [7, 11) is 3.19. The zero-order chi connectivity index (χ0) is 25.6. The van der Waals surface area contributed by atoms with E-state index in [4.69, 9.17) is 16.7 Å². The fourth-order valence-electron chi connectivity index (χ4n) is 3.95. The quantitative estimate of drug-likeness (QED) is 0.269. The van der Waals surface area contributed by atoms with Gasteiger partial charge in [-0.2, -0.15) is 4.98 Å². The first-order valence-corrected chi connectivity index (χ1v) is 11.1. The number of anilines is 2. The highest BCUT2D eigenvalue weighted by atomic mass is 35.5. The van der Waals surface area contributed by atoms with Gasteiger partial charge in [-0.15, -0.1) is 0 Å². The average Bonchev–Trinajstić information content (AvgIpc) is 3.41. The molecule has 0 saturated heterocycles. The topological polar surface area (TPSA) is 165 Å². The first-order valence-electron chi connectivity index (χ1n) is 10.7. The highest BCUT2D eigenvalue weighted by molar-refractivity contribution is 6.35. The zero-order valence-electron chi connectivity index (χ0n) is 19.1. The van der Waals surface area contributed by atoms with Crippen molar-refractivity contribution in [3.05, 3.63) is 73.9 Å². The van der Waals surface area contributed by atoms with Crippen LogP contribution in [0.3, 0.4) is 0 Å². The molecule has 0 radical (unpaired) electrons. The molecule has 184 valence electrons. The summed E-state index contributed by atoms with van der Waals surface area (Å²) in [4.78, 5) is 53.1. The monoisotopic (exact) mass is 509 g/mol. The fraction of sp³-hybridized carbons (Fsp3) is 0.182. The Balaban J connectivity index is 1.53. The SMILES string of the molecule is Cn1c(Nc2ccnc(CNC(=O)O)n2)nc2c1c(=O)n(Cc1cc3c(Cl)cccc3[nH]1)c(=O)n2C. The Morgan fingerprint density at radius 2 is 1.97 bits per heavy atom. The zero-order valence-corrected chi connectivity index (χ0v) is 19.9. The molecule has 5 rings (SSSR count). The lowest BCUT2D eigenvalue weighted by atomic mass is 10.2. The molecule has 0 aliphatic rings. The number of aryl methyl sites for hydroxylation is 2. The van der Waals surface area contributed by atoms with Gasteiger partial charge in [0.05, 0.1) is 13.1 Å². The minimum Gasteiger partial charge on any atom is -0.465 e. The van der Waals surface area contributed by atoms with Gasteiger partial charge in [0, 0.05) is 41.9 Å². The predicted molar refractivity (Wildman–Crippen MR) is 133 cm³/mol. The number of fused-ring (bicyclic) bond motifs is 2. The molecule has 0 saturated carbocycles. The second kappa shape index (κ2) is 8.85. The van der Waals surface area contributed by atoms with E-state index in [1.54, 1.807) is 26.2 Å². The van der Waals surface area contributed by atoms with Gasteiger partial charge in [-0.3, -0.25) is 13.9 Å². The Morgan fingerprint density at radius 3 is 2.72 bits per heavy atom. The van der Waals surface area contributed by atoms with Crippen LogP contribution in [-0.2, 0) is 27.2 Å². The highest BCUT2D eigenvalue weighted by Gasteiger charge is 2.20. The van der Waals surface area contributed by atoms with Crippen LogP contribution in [0.25, 0.3) is 22.1 Å². The van der Waals surface area contributed by atoms with Crippen molar-refractivity contribution >= 4 is 51.5 Å². The van der Waals surface area contributed by atoms with Crippen molar-refractivity contribution in [3.63, 3.8) is 0 Å². The summed E-state index contributed by atoms with van der Waals surface area (Å²) < 4.78 is 3.97. The van der Waals surface area contributed by atoms with E-state index in [0.717, 1.165) is 15.5 Å². The number of imidazole rings is 1. The maximum absolute atomic E-state index is 13.4. The number of rotatable bonds is 6. The smallest absolute Gasteiger partial charge is 0.405 e. The average molecular weight is 510 g/mol. The van der Waals surface area contributed by atoms with Gasteiger partial charge in [0.25, 0.3) is 5.56 Å². The molecule has 4 N–H and O–H groups in total. The summed E-state index contributed by atoms with van der Waals surface area (Å²) in [6.07, 6.45) is 0.270. The molecule has 13 nitrogen and oxygen atoms in total. The number of nitrogens with one attached hydrogen (secondary N) is 3. The van der Waals surface area contributed by atoms with Gasteiger partial charge in [0.1, 0.15) is 11.6 Å². The summed E-state index contributed by atoms with van der Waals surface area (Å²) in [5, 5.41) is 15.3. The van der Waals surface area contributed by atoms with Crippen LogP contribution in [-0.4, -0.2) is 44.8 Å². The second-order valence-corrected chi connectivity index (χ2v) is 8.44. The van der Waals surface area contributed by atoms with E-state index in [9.17, 15) is 14.4 Å². The molecule has 1 aromatic carbocycles. The van der Waals surface area contributed by atoms with E-state index in [2.05, 4.69) is 30.6 Å². The van der Waals surface area contributed by atoms with Crippen molar-refractivity contribution in [2.24, 2.45) is 14.1 Å². The number of hydrogen-bond acceptors (Lipinski definition) is 7. The summed E-state index contributed by atoms with van der Waals surface area (Å²) in [6, 6.07) is 8.84. The van der Waals surface area contributed by atoms with Gasteiger partial charge >= 0.3 is 11.8 Å². The summed E-state index contributed by atoms with van der Waals surface area (Å²) in [5.74, 6) is 0.850. The standard InChI is InChI=1S/C22H20ClN9O4/c1-30-17-18(29-20(30)28-15-6-7-24-16(27-15)9-25-21(34)35)31(2)22(36)32(19(17)33)10-11-8-12-13(23)4-3-5-14(12)26-11/h3-8,25-26H,9-10H2,1-2H3,(H,34,35)(H,24,27,28,29). The number of amides is 1. The molecule has 0 aliphatic carbocycles. The lowest BCUT2D eigenvalue weighted by Gasteiger charge is -2.08. The van der Waals surface area contributed by atoms with Crippen LogP contribution in [0, 0.1) is 0 Å². The third kappa shape index (κ3) is 4.05. The number of nitrogens with zero attached hydrogens (tertiary/aromatic N) is 6. The van der Waals surface area contributed by atoms with Gasteiger partial charge in [-0.1, -0.05) is 17.7 Å². The maximum atomic E-state index is 13.4. The molecular weight excluding hydrogens is 490 g/mol.